The Kier molecular flexibility index (Phi) is 5.63. The third kappa shape index (κ3) is 4.14. The fourth-order valence-corrected chi connectivity index (χ4v) is 2.57. The maximum atomic E-state index is 12.6. The summed E-state index contributed by atoms with van der Waals surface area (Å²) in [5, 5.41) is 7.21. The number of methoxy groups -OCH3 is 1. The van der Waals surface area contributed by atoms with Crippen LogP contribution in [0.3, 0.4) is 0 Å². The average Bonchev–Trinajstić information content (AvgIpc) is 3.12. The lowest BCUT2D eigenvalue weighted by Gasteiger charge is -2.34. The monoisotopic (exact) mass is 398 g/mol. The van der Waals surface area contributed by atoms with Crippen LogP contribution in [0.2, 0.25) is 0 Å². The molecule has 1 saturated heterocycles. The summed E-state index contributed by atoms with van der Waals surface area (Å²) in [4.78, 5) is 22.4. The SMILES string of the molecule is CCON=C1CN(C(=O)C(OC)c2ccc(-c3noc(C(F)(F)F)n3)cc2)C1. The number of nitrogens with zero attached hydrogens (tertiary/aromatic N) is 4. The zero-order valence-electron chi connectivity index (χ0n) is 15.1. The molecule has 0 spiro atoms. The summed E-state index contributed by atoms with van der Waals surface area (Å²) in [5.41, 5.74) is 1.63. The molecular weight excluding hydrogens is 381 g/mol. The molecule has 1 atom stereocenters. The van der Waals surface area contributed by atoms with E-state index in [1.54, 1.807) is 17.0 Å². The van der Waals surface area contributed by atoms with Crippen LogP contribution in [0.25, 0.3) is 11.4 Å². The third-order valence-corrected chi connectivity index (χ3v) is 3.98. The van der Waals surface area contributed by atoms with Crippen molar-refractivity contribution >= 4 is 11.6 Å². The number of aromatic nitrogens is 2. The number of halogens is 3. The van der Waals surface area contributed by atoms with E-state index in [0.29, 0.717) is 30.8 Å². The van der Waals surface area contributed by atoms with Crippen molar-refractivity contribution in [2.75, 3.05) is 26.8 Å². The van der Waals surface area contributed by atoms with Gasteiger partial charge in [0.05, 0.1) is 18.8 Å². The molecule has 1 fully saturated rings. The van der Waals surface area contributed by atoms with Crippen LogP contribution in [-0.4, -0.2) is 53.5 Å². The lowest BCUT2D eigenvalue weighted by molar-refractivity contribution is -0.159. The molecular formula is C17H17F3N4O4. The minimum absolute atomic E-state index is 0.196. The first-order valence-corrected chi connectivity index (χ1v) is 8.34. The Morgan fingerprint density at radius 3 is 2.54 bits per heavy atom. The summed E-state index contributed by atoms with van der Waals surface area (Å²) in [6.45, 7) is 2.99. The molecule has 1 amide bonds. The van der Waals surface area contributed by atoms with Gasteiger partial charge >= 0.3 is 12.1 Å². The smallest absolute Gasteiger partial charge is 0.396 e. The first kappa shape index (κ1) is 19.8. The van der Waals surface area contributed by atoms with Crippen LogP contribution in [0, 0.1) is 0 Å². The van der Waals surface area contributed by atoms with Crippen LogP contribution >= 0.6 is 0 Å². The Balaban J connectivity index is 1.69. The van der Waals surface area contributed by atoms with E-state index in [-0.39, 0.29) is 11.7 Å². The molecule has 0 saturated carbocycles. The number of rotatable bonds is 6. The Labute approximate surface area is 157 Å². The highest BCUT2D eigenvalue weighted by molar-refractivity contribution is 6.00. The lowest BCUT2D eigenvalue weighted by Crippen LogP contribution is -2.52. The summed E-state index contributed by atoms with van der Waals surface area (Å²) in [6, 6.07) is 6.13. The zero-order valence-corrected chi connectivity index (χ0v) is 15.1. The maximum Gasteiger partial charge on any atom is 0.471 e. The highest BCUT2D eigenvalue weighted by Gasteiger charge is 2.38. The molecule has 1 aliphatic rings. The Bertz CT molecular complexity index is 856. The van der Waals surface area contributed by atoms with Crippen molar-refractivity contribution in [2.24, 2.45) is 5.16 Å². The van der Waals surface area contributed by atoms with Gasteiger partial charge in [0.1, 0.15) is 6.61 Å². The van der Waals surface area contributed by atoms with Gasteiger partial charge in [-0.1, -0.05) is 34.6 Å². The van der Waals surface area contributed by atoms with Gasteiger partial charge in [0.15, 0.2) is 6.10 Å². The molecule has 1 aliphatic heterocycles. The molecule has 28 heavy (non-hydrogen) atoms. The third-order valence-electron chi connectivity index (χ3n) is 3.98. The van der Waals surface area contributed by atoms with E-state index in [0.717, 1.165) is 5.71 Å². The molecule has 3 rings (SSSR count). The largest absolute Gasteiger partial charge is 0.471 e. The molecule has 150 valence electrons. The number of carbonyl (C=O) groups excluding carboxylic acids is 1. The van der Waals surface area contributed by atoms with Gasteiger partial charge in [-0.3, -0.25) is 4.79 Å². The van der Waals surface area contributed by atoms with Gasteiger partial charge in [-0.2, -0.15) is 18.2 Å². The van der Waals surface area contributed by atoms with Gasteiger partial charge in [-0.05, 0) is 12.5 Å². The number of carbonyl (C=O) groups is 1. The quantitative estimate of drug-likeness (QED) is 0.695. The molecule has 0 aliphatic carbocycles. The Hall–Kier alpha value is -2.95. The Morgan fingerprint density at radius 1 is 1.32 bits per heavy atom. The van der Waals surface area contributed by atoms with Crippen molar-refractivity contribution < 1.29 is 32.1 Å². The number of benzene rings is 1. The molecule has 0 N–H and O–H groups in total. The standard InChI is InChI=1S/C17H17F3N4O4/c1-3-27-22-12-8-24(9-12)15(25)13(26-2)10-4-6-11(7-5-10)14-21-16(28-23-14)17(18,19)20/h4-7,13H,3,8-9H2,1-2H3. The van der Waals surface area contributed by atoms with Crippen molar-refractivity contribution in [3.63, 3.8) is 0 Å². The predicted octanol–water partition coefficient (Wildman–Crippen LogP) is 2.68. The molecule has 11 heteroatoms. The van der Waals surface area contributed by atoms with Gasteiger partial charge < -0.3 is 19.0 Å². The summed E-state index contributed by atoms with van der Waals surface area (Å²) >= 11 is 0. The summed E-state index contributed by atoms with van der Waals surface area (Å²) in [7, 11) is 1.40. The van der Waals surface area contributed by atoms with Crippen molar-refractivity contribution in [1.29, 1.82) is 0 Å². The molecule has 2 aromatic rings. The number of amides is 1. The maximum absolute atomic E-state index is 12.6. The van der Waals surface area contributed by atoms with Crippen molar-refractivity contribution in [3.05, 3.63) is 35.7 Å². The fraction of sp³-hybridized carbons (Fsp3) is 0.412. The van der Waals surface area contributed by atoms with E-state index in [4.69, 9.17) is 9.57 Å². The van der Waals surface area contributed by atoms with E-state index in [9.17, 15) is 18.0 Å². The van der Waals surface area contributed by atoms with Crippen molar-refractivity contribution in [2.45, 2.75) is 19.2 Å². The second-order valence-corrected chi connectivity index (χ2v) is 5.93. The van der Waals surface area contributed by atoms with E-state index in [1.807, 2.05) is 6.92 Å². The van der Waals surface area contributed by atoms with E-state index in [2.05, 4.69) is 19.8 Å². The summed E-state index contributed by atoms with van der Waals surface area (Å²) in [6.07, 6.45) is -5.56. The van der Waals surface area contributed by atoms with Crippen LogP contribution in [-0.2, 0) is 20.5 Å². The fourth-order valence-electron chi connectivity index (χ4n) is 2.57. The summed E-state index contributed by atoms with van der Waals surface area (Å²) in [5.74, 6) is -1.86. The normalized spacial score (nSPS) is 15.2. The number of hydrogen-bond acceptors (Lipinski definition) is 7. The highest BCUT2D eigenvalue weighted by atomic mass is 19.4. The van der Waals surface area contributed by atoms with Crippen LogP contribution < -0.4 is 0 Å². The minimum Gasteiger partial charge on any atom is -0.396 e. The number of hydrogen-bond donors (Lipinski definition) is 0. The van der Waals surface area contributed by atoms with E-state index >= 15 is 0 Å². The molecule has 1 unspecified atom stereocenters. The highest BCUT2D eigenvalue weighted by Crippen LogP contribution is 2.30. The second kappa shape index (κ2) is 7.97. The number of oxime groups is 1. The van der Waals surface area contributed by atoms with Gasteiger partial charge in [0.2, 0.25) is 5.82 Å². The first-order chi connectivity index (χ1) is 13.3. The lowest BCUT2D eigenvalue weighted by atomic mass is 10.0. The number of alkyl halides is 3. The molecule has 1 aromatic heterocycles. The van der Waals surface area contributed by atoms with Crippen LogP contribution in [0.15, 0.2) is 33.9 Å². The zero-order chi connectivity index (χ0) is 20.3. The Morgan fingerprint density at radius 2 is 2.00 bits per heavy atom. The van der Waals surface area contributed by atoms with Gasteiger partial charge in [-0.15, -0.1) is 0 Å². The first-order valence-electron chi connectivity index (χ1n) is 8.34. The van der Waals surface area contributed by atoms with Crippen LogP contribution in [0.4, 0.5) is 13.2 Å². The van der Waals surface area contributed by atoms with Crippen molar-refractivity contribution in [3.8, 4) is 11.4 Å². The number of ether oxygens (including phenoxy) is 1. The van der Waals surface area contributed by atoms with E-state index in [1.165, 1.54) is 19.2 Å². The molecule has 8 nitrogen and oxygen atoms in total. The van der Waals surface area contributed by atoms with Gasteiger partial charge in [0, 0.05) is 12.7 Å². The minimum atomic E-state index is -4.71. The average molecular weight is 398 g/mol. The second-order valence-electron chi connectivity index (χ2n) is 5.93. The van der Waals surface area contributed by atoms with Gasteiger partial charge in [0.25, 0.3) is 5.91 Å². The van der Waals surface area contributed by atoms with E-state index < -0.39 is 18.2 Å². The van der Waals surface area contributed by atoms with Crippen molar-refractivity contribution in [1.82, 2.24) is 15.0 Å². The number of likely N-dealkylation sites (tertiary alicyclic amines) is 1. The molecule has 2 heterocycles. The van der Waals surface area contributed by atoms with Gasteiger partial charge in [-0.25, -0.2) is 0 Å². The topological polar surface area (TPSA) is 90.0 Å². The molecule has 0 bridgehead atoms. The molecule has 1 aromatic carbocycles. The van der Waals surface area contributed by atoms with Crippen LogP contribution in [0.1, 0.15) is 24.5 Å². The van der Waals surface area contributed by atoms with Crippen LogP contribution in [0.5, 0.6) is 0 Å². The molecule has 0 radical (unpaired) electrons. The summed E-state index contributed by atoms with van der Waals surface area (Å²) < 4.78 is 47.2. The predicted molar refractivity (Wildman–Crippen MR) is 90.1 cm³/mol.